The zero-order valence-electron chi connectivity index (χ0n) is 7.98. The molecule has 0 aliphatic heterocycles. The van der Waals surface area contributed by atoms with Gasteiger partial charge in [0.15, 0.2) is 0 Å². The van der Waals surface area contributed by atoms with Crippen molar-refractivity contribution in [3.05, 3.63) is 35.4 Å². The monoisotopic (exact) mass is 190 g/mol. The minimum atomic E-state index is -0.0875. The standard InChI is InChI=1S/C11H14N2O/c12-8-9-3-1-4-10(7-9)11(13)5-2-6-14/h1,3-4,7,11,14H,2,5-6,13H2/t11-/m1/s1. The summed E-state index contributed by atoms with van der Waals surface area (Å²) in [7, 11) is 0. The highest BCUT2D eigenvalue weighted by Gasteiger charge is 2.05. The van der Waals surface area contributed by atoms with Gasteiger partial charge in [0.25, 0.3) is 0 Å². The largest absolute Gasteiger partial charge is 0.396 e. The number of nitriles is 1. The highest BCUT2D eigenvalue weighted by molar-refractivity contribution is 5.34. The first-order valence-corrected chi connectivity index (χ1v) is 4.64. The Morgan fingerprint density at radius 1 is 1.50 bits per heavy atom. The number of benzene rings is 1. The van der Waals surface area contributed by atoms with E-state index in [1.807, 2.05) is 12.1 Å². The first kappa shape index (κ1) is 10.7. The molecule has 1 atom stereocenters. The molecular weight excluding hydrogens is 176 g/mol. The van der Waals surface area contributed by atoms with E-state index in [0.29, 0.717) is 12.0 Å². The molecule has 0 aliphatic carbocycles. The molecule has 3 nitrogen and oxygen atoms in total. The van der Waals surface area contributed by atoms with E-state index in [-0.39, 0.29) is 12.6 Å². The van der Waals surface area contributed by atoms with Gasteiger partial charge in [-0.15, -0.1) is 0 Å². The molecule has 0 saturated heterocycles. The zero-order chi connectivity index (χ0) is 10.4. The van der Waals surface area contributed by atoms with Gasteiger partial charge in [-0.3, -0.25) is 0 Å². The quantitative estimate of drug-likeness (QED) is 0.752. The molecule has 3 heteroatoms. The van der Waals surface area contributed by atoms with Crippen molar-refractivity contribution in [3.8, 4) is 6.07 Å². The molecule has 1 aromatic carbocycles. The van der Waals surface area contributed by atoms with Gasteiger partial charge in [-0.05, 0) is 30.5 Å². The van der Waals surface area contributed by atoms with E-state index >= 15 is 0 Å². The van der Waals surface area contributed by atoms with Crippen molar-refractivity contribution < 1.29 is 5.11 Å². The molecule has 0 saturated carbocycles. The molecule has 0 bridgehead atoms. The van der Waals surface area contributed by atoms with Gasteiger partial charge in [0.1, 0.15) is 0 Å². The van der Waals surface area contributed by atoms with Crippen LogP contribution in [0, 0.1) is 11.3 Å². The topological polar surface area (TPSA) is 70.0 Å². The third-order valence-corrected chi connectivity index (χ3v) is 2.12. The Hall–Kier alpha value is -1.37. The van der Waals surface area contributed by atoms with Crippen molar-refractivity contribution in [2.75, 3.05) is 6.61 Å². The Bertz CT molecular complexity index is 330. The number of aliphatic hydroxyl groups is 1. The molecule has 1 aromatic rings. The number of aliphatic hydroxyl groups excluding tert-OH is 1. The first-order chi connectivity index (χ1) is 6.77. The van der Waals surface area contributed by atoms with Crippen LogP contribution in [0.1, 0.15) is 30.0 Å². The van der Waals surface area contributed by atoms with Crippen LogP contribution in [0.15, 0.2) is 24.3 Å². The lowest BCUT2D eigenvalue weighted by Gasteiger charge is -2.10. The Labute approximate surface area is 83.8 Å². The molecule has 0 aromatic heterocycles. The van der Waals surface area contributed by atoms with E-state index in [1.54, 1.807) is 12.1 Å². The zero-order valence-corrected chi connectivity index (χ0v) is 7.98. The van der Waals surface area contributed by atoms with Gasteiger partial charge in [-0.25, -0.2) is 0 Å². The number of hydrogen-bond donors (Lipinski definition) is 2. The minimum Gasteiger partial charge on any atom is -0.396 e. The van der Waals surface area contributed by atoms with Crippen molar-refractivity contribution in [3.63, 3.8) is 0 Å². The summed E-state index contributed by atoms with van der Waals surface area (Å²) in [6, 6.07) is 9.26. The number of hydrogen-bond acceptors (Lipinski definition) is 3. The Morgan fingerprint density at radius 3 is 2.93 bits per heavy atom. The molecule has 0 unspecified atom stereocenters. The second-order valence-electron chi connectivity index (χ2n) is 3.21. The van der Waals surface area contributed by atoms with Crippen molar-refractivity contribution in [2.24, 2.45) is 5.73 Å². The number of rotatable bonds is 4. The van der Waals surface area contributed by atoms with E-state index in [2.05, 4.69) is 6.07 Å². The maximum atomic E-state index is 8.69. The van der Waals surface area contributed by atoms with Crippen LogP contribution < -0.4 is 5.73 Å². The second-order valence-corrected chi connectivity index (χ2v) is 3.21. The molecule has 0 amide bonds. The number of nitrogens with zero attached hydrogens (tertiary/aromatic N) is 1. The van der Waals surface area contributed by atoms with E-state index < -0.39 is 0 Å². The SMILES string of the molecule is N#Cc1cccc([C@H](N)CCCO)c1. The average molecular weight is 190 g/mol. The smallest absolute Gasteiger partial charge is 0.0991 e. The van der Waals surface area contributed by atoms with Crippen molar-refractivity contribution in [1.29, 1.82) is 5.26 Å². The van der Waals surface area contributed by atoms with Crippen LogP contribution in [0.5, 0.6) is 0 Å². The van der Waals surface area contributed by atoms with E-state index in [0.717, 1.165) is 12.0 Å². The van der Waals surface area contributed by atoms with Gasteiger partial charge in [0, 0.05) is 12.6 Å². The normalized spacial score (nSPS) is 12.1. The molecule has 0 aliphatic rings. The maximum Gasteiger partial charge on any atom is 0.0991 e. The van der Waals surface area contributed by atoms with Gasteiger partial charge in [0.2, 0.25) is 0 Å². The summed E-state index contributed by atoms with van der Waals surface area (Å²) in [5.41, 5.74) is 7.47. The lowest BCUT2D eigenvalue weighted by molar-refractivity contribution is 0.280. The van der Waals surface area contributed by atoms with Gasteiger partial charge in [-0.1, -0.05) is 12.1 Å². The summed E-state index contributed by atoms with van der Waals surface area (Å²) >= 11 is 0. The molecule has 0 heterocycles. The van der Waals surface area contributed by atoms with Crippen LogP contribution in [0.3, 0.4) is 0 Å². The summed E-state index contributed by atoms with van der Waals surface area (Å²) in [5.74, 6) is 0. The summed E-state index contributed by atoms with van der Waals surface area (Å²) in [5, 5.41) is 17.3. The lowest BCUT2D eigenvalue weighted by Crippen LogP contribution is -2.10. The van der Waals surface area contributed by atoms with Crippen LogP contribution in [0.4, 0.5) is 0 Å². The van der Waals surface area contributed by atoms with Crippen molar-refractivity contribution in [2.45, 2.75) is 18.9 Å². The van der Waals surface area contributed by atoms with E-state index in [9.17, 15) is 0 Å². The maximum absolute atomic E-state index is 8.69. The fraction of sp³-hybridized carbons (Fsp3) is 0.364. The van der Waals surface area contributed by atoms with Crippen LogP contribution in [0.2, 0.25) is 0 Å². The molecule has 1 rings (SSSR count). The van der Waals surface area contributed by atoms with Crippen LogP contribution in [-0.4, -0.2) is 11.7 Å². The van der Waals surface area contributed by atoms with Crippen LogP contribution in [-0.2, 0) is 0 Å². The Kier molecular flexibility index (Phi) is 4.11. The lowest BCUT2D eigenvalue weighted by atomic mass is 10.0. The fourth-order valence-corrected chi connectivity index (χ4v) is 1.32. The third-order valence-electron chi connectivity index (χ3n) is 2.12. The summed E-state index contributed by atoms with van der Waals surface area (Å²) in [6.07, 6.45) is 1.43. The fourth-order valence-electron chi connectivity index (χ4n) is 1.32. The summed E-state index contributed by atoms with van der Waals surface area (Å²) < 4.78 is 0. The molecule has 74 valence electrons. The summed E-state index contributed by atoms with van der Waals surface area (Å²) in [6.45, 7) is 0.158. The average Bonchev–Trinajstić information content (AvgIpc) is 2.26. The van der Waals surface area contributed by atoms with Gasteiger partial charge < -0.3 is 10.8 Å². The Morgan fingerprint density at radius 2 is 2.29 bits per heavy atom. The van der Waals surface area contributed by atoms with Gasteiger partial charge >= 0.3 is 0 Å². The van der Waals surface area contributed by atoms with Crippen LogP contribution in [0.25, 0.3) is 0 Å². The minimum absolute atomic E-state index is 0.0875. The van der Waals surface area contributed by atoms with Crippen LogP contribution >= 0.6 is 0 Å². The van der Waals surface area contributed by atoms with E-state index in [4.69, 9.17) is 16.1 Å². The third kappa shape index (κ3) is 2.84. The number of nitrogens with two attached hydrogens (primary N) is 1. The molecule has 0 spiro atoms. The van der Waals surface area contributed by atoms with Crippen molar-refractivity contribution in [1.82, 2.24) is 0 Å². The first-order valence-electron chi connectivity index (χ1n) is 4.64. The molecule has 0 fully saturated rings. The molecule has 3 N–H and O–H groups in total. The summed E-state index contributed by atoms with van der Waals surface area (Å²) in [4.78, 5) is 0. The molecule has 14 heavy (non-hydrogen) atoms. The van der Waals surface area contributed by atoms with Gasteiger partial charge in [0.05, 0.1) is 11.6 Å². The second kappa shape index (κ2) is 5.38. The Balaban J connectivity index is 2.70. The highest BCUT2D eigenvalue weighted by Crippen LogP contribution is 2.16. The molecular formula is C11H14N2O. The van der Waals surface area contributed by atoms with E-state index in [1.165, 1.54) is 0 Å². The molecule has 0 radical (unpaired) electrons. The van der Waals surface area contributed by atoms with Crippen molar-refractivity contribution >= 4 is 0 Å². The predicted octanol–water partition coefficient (Wildman–Crippen LogP) is 1.33. The van der Waals surface area contributed by atoms with Gasteiger partial charge in [-0.2, -0.15) is 5.26 Å². The highest BCUT2D eigenvalue weighted by atomic mass is 16.2. The predicted molar refractivity (Wildman–Crippen MR) is 54.4 cm³/mol.